The summed E-state index contributed by atoms with van der Waals surface area (Å²) in [5.74, 6) is 0. The van der Waals surface area contributed by atoms with Crippen molar-refractivity contribution < 1.29 is 0 Å². The van der Waals surface area contributed by atoms with E-state index in [-0.39, 0.29) is 0 Å². The Hall–Kier alpha value is -15.0. The summed E-state index contributed by atoms with van der Waals surface area (Å²) in [5.41, 5.74) is 28.0. The SMILES string of the molecule is N#Cc1c(-n2c3c(c4cc(-c5ccccc5)ccc42)C=C(c2ccccc2)CC3)c(-n2c3c#cc(-c4ccccc4)cc3c3cc(-c4ccccc4)ccc32)c(C#N)c(-n2c3ccc(-c4ccccc4)cc3c3cc(-c4ccccc4)ccc32)c1-n1c2ccc(-c3ccccc3)cc2c2cc(-c3ccccc3)ccc21. The summed E-state index contributed by atoms with van der Waals surface area (Å²) >= 11 is 0. The highest BCUT2D eigenvalue weighted by molar-refractivity contribution is 6.17. The van der Waals surface area contributed by atoms with E-state index in [4.69, 9.17) is 0 Å². The molecule has 0 saturated carbocycles. The zero-order chi connectivity index (χ0) is 72.9. The van der Waals surface area contributed by atoms with Crippen LogP contribution < -0.4 is 0 Å². The molecular weight excluding hydrogens is 1330 g/mol. The van der Waals surface area contributed by atoms with E-state index in [1.165, 1.54) is 5.57 Å². The van der Waals surface area contributed by atoms with Crippen molar-refractivity contribution in [1.82, 2.24) is 18.3 Å². The molecule has 0 radical (unpaired) electrons. The van der Waals surface area contributed by atoms with Gasteiger partial charge in [-0.1, -0.05) is 285 Å². The van der Waals surface area contributed by atoms with Gasteiger partial charge in [0.05, 0.1) is 55.8 Å². The maximum Gasteiger partial charge on any atom is 0.106 e. The van der Waals surface area contributed by atoms with E-state index in [1.54, 1.807) is 0 Å². The number of nitriles is 2. The molecule has 4 heterocycles. The summed E-state index contributed by atoms with van der Waals surface area (Å²) in [5, 5.41) is 34.2. The Labute approximate surface area is 636 Å². The monoisotopic (exact) mass is 1400 g/mol. The van der Waals surface area contributed by atoms with Crippen molar-refractivity contribution in [3.63, 3.8) is 0 Å². The lowest BCUT2D eigenvalue weighted by Crippen LogP contribution is -2.18. The zero-order valence-electron chi connectivity index (χ0n) is 59.7. The van der Waals surface area contributed by atoms with E-state index >= 15 is 0 Å². The number of fused-ring (bicyclic) bond motifs is 12. The molecule has 0 spiro atoms. The van der Waals surface area contributed by atoms with Gasteiger partial charge in [0.25, 0.3) is 0 Å². The second-order valence-corrected chi connectivity index (χ2v) is 28.6. The Morgan fingerprint density at radius 2 is 0.518 bits per heavy atom. The predicted octanol–water partition coefficient (Wildman–Crippen LogP) is 26.4. The molecule has 0 fully saturated rings. The topological polar surface area (TPSA) is 67.3 Å². The normalized spacial score (nSPS) is 12.1. The fourth-order valence-electron chi connectivity index (χ4n) is 17.5. The first kappa shape index (κ1) is 63.5. The fraction of sp³-hybridized carbons (Fsp3) is 0.0192. The van der Waals surface area contributed by atoms with E-state index < -0.39 is 0 Å². The Kier molecular flexibility index (Phi) is 15.0. The molecule has 1 aliphatic carbocycles. The summed E-state index contributed by atoms with van der Waals surface area (Å²) in [4.78, 5) is 0. The third kappa shape index (κ3) is 10.3. The Morgan fingerprint density at radius 3 is 0.864 bits per heavy atom. The molecule has 0 saturated heterocycles. The second kappa shape index (κ2) is 26.0. The standard InChI is InChI=1S/C104H64N6/c105-65-91-101(107-93-49-41-75(67-25-9-1-10-26-67)57-83(93)84-58-76(42-50-94(84)107)68-27-11-2-12-28-68)102(108-95-51-43-77(69-29-13-3-14-30-69)59-85(95)86-60-78(44-52-96(86)108)70-31-15-4-16-32-70)92(66-106)104(110-99-55-47-81(73-37-21-7-22-38-73)63-89(99)90-64-82(48-56-100(90)110)74-39-23-8-24-40-74)103(91)109-97-53-45-79(71-33-17-5-18-34-71)61-87(97)88-62-80(46-54-98(88)109)72-35-19-6-20-36-72/h1-45,47,49-53,55,57-64H,46,54H2. The van der Waals surface area contributed by atoms with Gasteiger partial charge >= 0.3 is 0 Å². The highest BCUT2D eigenvalue weighted by Crippen LogP contribution is 2.52. The second-order valence-electron chi connectivity index (χ2n) is 28.6. The zero-order valence-corrected chi connectivity index (χ0v) is 59.7. The molecule has 110 heavy (non-hydrogen) atoms. The van der Waals surface area contributed by atoms with Crippen LogP contribution in [0.5, 0.6) is 0 Å². The molecule has 6 nitrogen and oxygen atoms in total. The quantitative estimate of drug-likeness (QED) is 0.122. The van der Waals surface area contributed by atoms with Gasteiger partial charge in [-0.2, -0.15) is 10.5 Å². The highest BCUT2D eigenvalue weighted by Gasteiger charge is 2.37. The van der Waals surface area contributed by atoms with Crippen LogP contribution in [-0.2, 0) is 6.42 Å². The molecule has 21 rings (SSSR count). The molecule has 16 aromatic carbocycles. The molecule has 6 heteroatoms. The molecule has 0 bridgehead atoms. The number of benzene rings is 15. The molecule has 0 N–H and O–H groups in total. The molecule has 510 valence electrons. The Morgan fingerprint density at radius 1 is 0.236 bits per heavy atom. The van der Waals surface area contributed by atoms with Gasteiger partial charge in [0.1, 0.15) is 28.8 Å². The first-order valence-electron chi connectivity index (χ1n) is 37.5. The van der Waals surface area contributed by atoms with Crippen LogP contribution in [-0.4, -0.2) is 18.3 Å². The minimum absolute atomic E-state index is 0.350. The van der Waals surface area contributed by atoms with E-state index in [9.17, 15) is 10.5 Å². The van der Waals surface area contributed by atoms with Crippen LogP contribution in [0.3, 0.4) is 0 Å². The summed E-state index contributed by atoms with van der Waals surface area (Å²) in [6.07, 6.45) is 3.72. The van der Waals surface area contributed by atoms with Crippen molar-refractivity contribution in [3.05, 3.63) is 398 Å². The minimum atomic E-state index is 0.350. The summed E-state index contributed by atoms with van der Waals surface area (Å²) in [6.45, 7) is 0. The highest BCUT2D eigenvalue weighted by atomic mass is 15.1. The molecule has 1 aliphatic rings. The summed E-state index contributed by atoms with van der Waals surface area (Å²) < 4.78 is 9.29. The van der Waals surface area contributed by atoms with Crippen LogP contribution in [0.25, 0.3) is 189 Å². The molecule has 4 aromatic heterocycles. The summed E-state index contributed by atoms with van der Waals surface area (Å²) in [7, 11) is 0. The molecule has 20 aromatic rings. The van der Waals surface area contributed by atoms with Gasteiger partial charge in [-0.3, -0.25) is 4.57 Å². The van der Waals surface area contributed by atoms with Gasteiger partial charge in [0, 0.05) is 54.5 Å². The van der Waals surface area contributed by atoms with Crippen molar-refractivity contribution >= 4 is 88.0 Å². The van der Waals surface area contributed by atoms with Crippen molar-refractivity contribution in [2.45, 2.75) is 12.8 Å². The molecule has 0 amide bonds. The lowest BCUT2D eigenvalue weighted by molar-refractivity contribution is 0.886. The third-order valence-electron chi connectivity index (χ3n) is 22.6. The van der Waals surface area contributed by atoms with Crippen LogP contribution in [0.2, 0.25) is 0 Å². The van der Waals surface area contributed by atoms with Crippen LogP contribution in [0, 0.1) is 34.8 Å². The predicted molar refractivity (Wildman–Crippen MR) is 454 cm³/mol. The van der Waals surface area contributed by atoms with Crippen molar-refractivity contribution in [1.29, 1.82) is 10.5 Å². The molecule has 0 atom stereocenters. The Bertz CT molecular complexity index is 6930. The van der Waals surface area contributed by atoms with E-state index in [0.29, 0.717) is 52.2 Å². The number of allylic oxidation sites excluding steroid dienone is 1. The molecule has 0 aliphatic heterocycles. The van der Waals surface area contributed by atoms with Crippen molar-refractivity contribution in [2.75, 3.05) is 0 Å². The molecular formula is C104H64N6. The van der Waals surface area contributed by atoms with Gasteiger partial charge in [-0.15, -0.1) is 0 Å². The third-order valence-corrected chi connectivity index (χ3v) is 22.6. The Balaban J connectivity index is 0.997. The van der Waals surface area contributed by atoms with Crippen molar-refractivity contribution in [3.8, 4) is 113 Å². The van der Waals surface area contributed by atoms with Crippen LogP contribution in [0.4, 0.5) is 0 Å². The smallest absolute Gasteiger partial charge is 0.106 e. The van der Waals surface area contributed by atoms with E-state index in [0.717, 1.165) is 166 Å². The maximum absolute atomic E-state index is 13.7. The van der Waals surface area contributed by atoms with Crippen LogP contribution >= 0.6 is 0 Å². The van der Waals surface area contributed by atoms with Gasteiger partial charge in [0.15, 0.2) is 0 Å². The largest absolute Gasteiger partial charge is 0.310 e. The number of rotatable bonds is 12. The van der Waals surface area contributed by atoms with E-state index in [1.807, 2.05) is 6.07 Å². The number of hydrogen-bond acceptors (Lipinski definition) is 2. The van der Waals surface area contributed by atoms with E-state index in [2.05, 4.69) is 400 Å². The van der Waals surface area contributed by atoms with Crippen LogP contribution in [0.1, 0.15) is 34.4 Å². The van der Waals surface area contributed by atoms with Crippen molar-refractivity contribution in [2.24, 2.45) is 0 Å². The maximum atomic E-state index is 13.7. The fourth-order valence-corrected chi connectivity index (χ4v) is 17.5. The average Bonchev–Trinajstić information content (AvgIpc) is 1.48. The number of hydrogen-bond donors (Lipinski definition) is 0. The van der Waals surface area contributed by atoms with Gasteiger partial charge < -0.3 is 13.7 Å². The van der Waals surface area contributed by atoms with Gasteiger partial charge in [-0.05, 0) is 187 Å². The minimum Gasteiger partial charge on any atom is -0.310 e. The molecule has 0 unspecified atom stereocenters. The van der Waals surface area contributed by atoms with Crippen LogP contribution in [0.15, 0.2) is 358 Å². The van der Waals surface area contributed by atoms with Gasteiger partial charge in [-0.25, -0.2) is 0 Å². The number of nitrogens with zero attached hydrogens (tertiary/aromatic N) is 6. The lowest BCUT2D eigenvalue weighted by Gasteiger charge is -2.28. The number of aromatic nitrogens is 4. The first-order chi connectivity index (χ1) is 54.5. The summed E-state index contributed by atoms with van der Waals surface area (Å²) in [6, 6.07) is 141. The lowest BCUT2D eigenvalue weighted by atomic mass is 9.90. The first-order valence-corrected chi connectivity index (χ1v) is 37.5. The van der Waals surface area contributed by atoms with Gasteiger partial charge in [0.2, 0.25) is 0 Å². The average molecular weight is 1400 g/mol.